The van der Waals surface area contributed by atoms with Crippen LogP contribution in [0.5, 0.6) is 0 Å². The van der Waals surface area contributed by atoms with Crippen molar-refractivity contribution in [2.24, 2.45) is 22.2 Å². The molecule has 1 aromatic carbocycles. The minimum atomic E-state index is -1.12. The Hall–Kier alpha value is -4.61. The third kappa shape index (κ3) is 7.44. The molecule has 4 bridgehead atoms. The Kier molecular flexibility index (Phi) is 10.5. The number of carboxylic acids is 1. The molecule has 2 atom stereocenters. The Bertz CT molecular complexity index is 2430. The van der Waals surface area contributed by atoms with Crippen molar-refractivity contribution in [3.63, 3.8) is 0 Å². The fourth-order valence-corrected chi connectivity index (χ4v) is 13.0. The van der Waals surface area contributed by atoms with Gasteiger partial charge in [-0.3, -0.25) is 4.68 Å². The lowest BCUT2D eigenvalue weighted by molar-refractivity contribution is -0.247. The Labute approximate surface area is 352 Å². The average molecular weight is 840 g/mol. The predicted octanol–water partition coefficient (Wildman–Crippen LogP) is 6.95. The topological polar surface area (TPSA) is 184 Å². The van der Waals surface area contributed by atoms with Gasteiger partial charge in [0.05, 0.1) is 28.6 Å². The highest BCUT2D eigenvalue weighted by atomic mass is 32.1. The van der Waals surface area contributed by atoms with Gasteiger partial charge in [0.15, 0.2) is 22.5 Å². The standard InChI is InChI=1S/C44H54FN9O5S/c1-26-29-7-6-13-53(38(29)52-51-37(26)50-40-48-33-9-5-8-32(45)36(33)60-40)34-11-10-30(35(49-34)39(57)58)31-16-47-54(27(31)2)25-43-20-41(3)19-42(4,21-43)23-44(22-41,24-43)59-14-12-46-15-28(17-55)18-56/h5,8-11,16,28,46,55-56H,6-7,12-15,17-25H2,1-4H3,(H,57,58)(H,48,50,51). The van der Waals surface area contributed by atoms with Crippen LogP contribution in [0.3, 0.4) is 0 Å². The zero-order valence-corrected chi connectivity index (χ0v) is 35.5. The van der Waals surface area contributed by atoms with Crippen LogP contribution in [-0.2, 0) is 17.7 Å². The van der Waals surface area contributed by atoms with Crippen molar-refractivity contribution in [2.75, 3.05) is 49.7 Å². The van der Waals surface area contributed by atoms with Crippen molar-refractivity contribution in [2.45, 2.75) is 91.2 Å². The van der Waals surface area contributed by atoms with E-state index in [4.69, 9.17) is 14.8 Å². The zero-order chi connectivity index (χ0) is 42.0. The molecule has 0 amide bonds. The summed E-state index contributed by atoms with van der Waals surface area (Å²) in [6.07, 6.45) is 9.75. The Balaban J connectivity index is 0.946. The number of aromatic carboxylic acids is 1. The fourth-order valence-electron chi connectivity index (χ4n) is 12.1. The molecule has 318 valence electrons. The highest BCUT2D eigenvalue weighted by molar-refractivity contribution is 7.22. The second-order valence-corrected chi connectivity index (χ2v) is 19.8. The van der Waals surface area contributed by atoms with E-state index in [1.54, 1.807) is 18.3 Å². The summed E-state index contributed by atoms with van der Waals surface area (Å²) in [4.78, 5) is 24.2. The van der Waals surface area contributed by atoms with Gasteiger partial charge in [0.25, 0.3) is 0 Å². The molecule has 10 rings (SSSR count). The molecule has 16 heteroatoms. The highest BCUT2D eigenvalue weighted by Crippen LogP contribution is 2.72. The molecule has 14 nitrogen and oxygen atoms in total. The van der Waals surface area contributed by atoms with Crippen molar-refractivity contribution in [3.05, 3.63) is 64.9 Å². The van der Waals surface area contributed by atoms with E-state index in [9.17, 15) is 24.5 Å². The third-order valence-corrected chi connectivity index (χ3v) is 14.5. The van der Waals surface area contributed by atoms with Crippen molar-refractivity contribution < 1.29 is 29.2 Å². The van der Waals surface area contributed by atoms with E-state index < -0.39 is 5.97 Å². The minimum absolute atomic E-state index is 0.0150. The molecule has 0 radical (unpaired) electrons. The molecule has 4 aliphatic carbocycles. The molecule has 0 saturated heterocycles. The summed E-state index contributed by atoms with van der Waals surface area (Å²) < 4.78 is 23.8. The van der Waals surface area contributed by atoms with E-state index in [1.807, 2.05) is 30.9 Å². The molecule has 60 heavy (non-hydrogen) atoms. The molecule has 1 aliphatic heterocycles. The lowest BCUT2D eigenvalue weighted by atomic mass is 9.39. The minimum Gasteiger partial charge on any atom is -0.476 e. The van der Waals surface area contributed by atoms with E-state index >= 15 is 0 Å². The fraction of sp³-hybridized carbons (Fsp3) is 0.545. The first-order valence-electron chi connectivity index (χ1n) is 21.0. The Morgan fingerprint density at radius 1 is 1.00 bits per heavy atom. The van der Waals surface area contributed by atoms with Crippen molar-refractivity contribution in [3.8, 4) is 11.1 Å². The number of nitrogens with one attached hydrogen (secondary N) is 2. The van der Waals surface area contributed by atoms with E-state index in [2.05, 4.69) is 44.3 Å². The number of aliphatic hydroxyl groups is 2. The van der Waals surface area contributed by atoms with E-state index in [-0.39, 0.29) is 52.5 Å². The average Bonchev–Trinajstić information content (AvgIpc) is 3.78. The summed E-state index contributed by atoms with van der Waals surface area (Å²) in [5.74, 6) is 0.0383. The number of hydrogen-bond donors (Lipinski definition) is 5. The summed E-state index contributed by atoms with van der Waals surface area (Å²) in [6, 6.07) is 8.53. The summed E-state index contributed by atoms with van der Waals surface area (Å²) >= 11 is 1.22. The maximum Gasteiger partial charge on any atom is 0.355 e. The van der Waals surface area contributed by atoms with Gasteiger partial charge in [-0.25, -0.2) is 19.2 Å². The molecule has 0 spiro atoms. The van der Waals surface area contributed by atoms with Gasteiger partial charge in [-0.05, 0) is 106 Å². The smallest absolute Gasteiger partial charge is 0.355 e. The van der Waals surface area contributed by atoms with Gasteiger partial charge in [0.2, 0.25) is 0 Å². The highest BCUT2D eigenvalue weighted by Gasteiger charge is 2.66. The first-order chi connectivity index (χ1) is 28.7. The van der Waals surface area contributed by atoms with Crippen LogP contribution in [0.1, 0.15) is 86.1 Å². The summed E-state index contributed by atoms with van der Waals surface area (Å²) in [5.41, 5.74) is 4.64. The Morgan fingerprint density at radius 2 is 1.78 bits per heavy atom. The number of nitrogens with zero attached hydrogens (tertiary/aromatic N) is 7. The van der Waals surface area contributed by atoms with Gasteiger partial charge in [0, 0.05) is 73.3 Å². The van der Waals surface area contributed by atoms with Crippen LogP contribution >= 0.6 is 11.3 Å². The van der Waals surface area contributed by atoms with Crippen LogP contribution in [0, 0.1) is 41.8 Å². The van der Waals surface area contributed by atoms with E-state index in [0.717, 1.165) is 73.9 Å². The number of benzene rings is 1. The number of fused-ring (bicyclic) bond motifs is 2. The number of thiazole rings is 1. The van der Waals surface area contributed by atoms with Gasteiger partial charge in [0.1, 0.15) is 11.6 Å². The van der Waals surface area contributed by atoms with E-state index in [1.165, 1.54) is 23.8 Å². The van der Waals surface area contributed by atoms with Gasteiger partial charge < -0.3 is 35.6 Å². The quantitative estimate of drug-likeness (QED) is 0.0684. The molecular formula is C44H54FN9O5S. The number of anilines is 4. The Morgan fingerprint density at radius 3 is 2.52 bits per heavy atom. The maximum atomic E-state index is 14.4. The number of rotatable bonds is 15. The lowest BCUT2D eigenvalue weighted by Crippen LogP contribution is -2.64. The van der Waals surface area contributed by atoms with Crippen LogP contribution < -0.4 is 15.5 Å². The lowest BCUT2D eigenvalue weighted by Gasteiger charge is -2.69. The molecule has 5 aliphatic rings. The van der Waals surface area contributed by atoms with E-state index in [0.29, 0.717) is 64.6 Å². The van der Waals surface area contributed by atoms with Crippen LogP contribution in [-0.4, -0.2) is 96.3 Å². The number of aromatic nitrogens is 6. The number of hydrogen-bond acceptors (Lipinski definition) is 13. The maximum absolute atomic E-state index is 14.4. The van der Waals surface area contributed by atoms with Gasteiger partial charge in [-0.2, -0.15) is 5.10 Å². The molecule has 2 unspecified atom stereocenters. The van der Waals surface area contributed by atoms with Gasteiger partial charge in [-0.15, -0.1) is 10.2 Å². The van der Waals surface area contributed by atoms with Crippen molar-refractivity contribution >= 4 is 50.1 Å². The summed E-state index contributed by atoms with van der Waals surface area (Å²) in [6.45, 7) is 11.8. The van der Waals surface area contributed by atoms with Crippen LogP contribution in [0.2, 0.25) is 0 Å². The second-order valence-electron chi connectivity index (χ2n) is 18.8. The second kappa shape index (κ2) is 15.4. The molecule has 4 saturated carbocycles. The normalized spacial score (nSPS) is 25.7. The monoisotopic (exact) mass is 839 g/mol. The molecule has 4 fully saturated rings. The molecule has 4 aromatic heterocycles. The third-order valence-electron chi connectivity index (χ3n) is 13.5. The van der Waals surface area contributed by atoms with Crippen LogP contribution in [0.25, 0.3) is 21.3 Å². The van der Waals surface area contributed by atoms with Crippen molar-refractivity contribution in [1.29, 1.82) is 0 Å². The number of carbonyl (C=O) groups is 1. The summed E-state index contributed by atoms with van der Waals surface area (Å²) in [5, 5.41) is 50.6. The number of carboxylic acid groups (broad SMARTS) is 1. The molecule has 5 N–H and O–H groups in total. The number of halogens is 1. The largest absolute Gasteiger partial charge is 0.476 e. The number of aliphatic hydroxyl groups excluding tert-OH is 2. The first-order valence-corrected chi connectivity index (χ1v) is 21.8. The molecule has 5 heterocycles. The molecular weight excluding hydrogens is 786 g/mol. The number of ether oxygens (including phenoxy) is 1. The van der Waals surface area contributed by atoms with Gasteiger partial charge in [-0.1, -0.05) is 31.3 Å². The van der Waals surface area contributed by atoms with Gasteiger partial charge >= 0.3 is 5.97 Å². The first kappa shape index (κ1) is 40.8. The summed E-state index contributed by atoms with van der Waals surface area (Å²) in [7, 11) is 0. The predicted molar refractivity (Wildman–Crippen MR) is 228 cm³/mol. The number of pyridine rings is 1. The molecule has 5 aromatic rings. The zero-order valence-electron chi connectivity index (χ0n) is 34.7. The SMILES string of the molecule is Cc1c(Nc2nc3cccc(F)c3s2)nnc2c1CCCN2c1ccc(-c2cnn(CC34CC5(C)CC(C)(C3)CC(OCCNCC(CO)CO)(C5)C4)c2C)c(C(=O)O)n1. The van der Waals surface area contributed by atoms with Crippen molar-refractivity contribution in [1.82, 2.24) is 35.3 Å². The van der Waals surface area contributed by atoms with Crippen LogP contribution in [0.4, 0.5) is 27.0 Å². The van der Waals surface area contributed by atoms with Crippen LogP contribution in [0.15, 0.2) is 36.5 Å².